The van der Waals surface area contributed by atoms with E-state index in [0.717, 1.165) is 5.22 Å². The van der Waals surface area contributed by atoms with Gasteiger partial charge in [0.05, 0.1) is 0 Å². The van der Waals surface area contributed by atoms with Crippen molar-refractivity contribution in [1.82, 2.24) is 0 Å². The fraction of sp³-hybridized carbons (Fsp3) is 0. The number of benzene rings is 12. The first-order valence-corrected chi connectivity index (χ1v) is 22.9. The van der Waals surface area contributed by atoms with Gasteiger partial charge < -0.3 is 0 Å². The molecule has 12 aromatic carbocycles. The van der Waals surface area contributed by atoms with Gasteiger partial charge in [-0.3, -0.25) is 0 Å². The van der Waals surface area contributed by atoms with E-state index in [1.165, 1.54) is 139 Å². The highest BCUT2D eigenvalue weighted by Gasteiger charge is 2.16. The zero-order valence-corrected chi connectivity index (χ0v) is 35.1. The van der Waals surface area contributed by atoms with Gasteiger partial charge in [0.2, 0.25) is 0 Å². The van der Waals surface area contributed by atoms with Gasteiger partial charge >= 0.3 is 0 Å². The lowest BCUT2D eigenvalue weighted by Crippen LogP contribution is -1.99. The van der Waals surface area contributed by atoms with Crippen LogP contribution in [0.3, 0.4) is 0 Å². The van der Waals surface area contributed by atoms with Crippen LogP contribution in [0.15, 0.2) is 194 Å². The van der Waals surface area contributed by atoms with Crippen LogP contribution in [0.25, 0.3) is 145 Å². The minimum atomic E-state index is 1.07. The Morgan fingerprint density at radius 2 is 0.661 bits per heavy atom. The molecular weight excluding hydrogens is 785 g/mol. The quantitative estimate of drug-likeness (QED) is 0.155. The van der Waals surface area contributed by atoms with Crippen molar-refractivity contribution in [3.63, 3.8) is 0 Å². The first kappa shape index (κ1) is 34.4. The molecule has 0 atom stereocenters. The Hall–Kier alpha value is -7.36. The second kappa shape index (κ2) is 12.8. The standard InChI is InChI=1S/C60H34S2/c1-34-11-21-48-46(22-14-37-7-4-10-45(34)59(37)48)43-19-27-56-52(32-43)50-30-41(17-25-54(50)61-56)39-8-3-9-40(29-39)42-18-26-55-51(31-42)53-33-44(20-28-57(53)62-55)47-23-15-38-13-12-35-5-2-6-36-16-24-49(47)60(38)58(35)36/h2-33H,1H2. The lowest BCUT2D eigenvalue weighted by atomic mass is 9.89. The highest BCUT2D eigenvalue weighted by molar-refractivity contribution is 7.26. The molecule has 0 saturated carbocycles. The Morgan fingerprint density at radius 1 is 0.258 bits per heavy atom. The summed E-state index contributed by atoms with van der Waals surface area (Å²) in [5.41, 5.74) is 9.97. The molecule has 0 unspecified atom stereocenters. The third kappa shape index (κ3) is 4.99. The van der Waals surface area contributed by atoms with Crippen molar-refractivity contribution < 1.29 is 0 Å². The van der Waals surface area contributed by atoms with E-state index in [1.807, 2.05) is 22.7 Å². The maximum absolute atomic E-state index is 4.33. The number of hydrogen-bond donors (Lipinski definition) is 0. The third-order valence-electron chi connectivity index (χ3n) is 13.5. The number of hydrogen-bond acceptors (Lipinski definition) is 2. The van der Waals surface area contributed by atoms with Crippen LogP contribution in [-0.2, 0) is 0 Å². The smallest absolute Gasteiger partial charge is 0.0355 e. The molecule has 14 rings (SSSR count). The molecule has 0 fully saturated rings. The summed E-state index contributed by atoms with van der Waals surface area (Å²) in [7, 11) is 0. The molecule has 0 N–H and O–H groups in total. The van der Waals surface area contributed by atoms with Gasteiger partial charge in [0.1, 0.15) is 0 Å². The van der Waals surface area contributed by atoms with Crippen molar-refractivity contribution in [1.29, 1.82) is 0 Å². The summed E-state index contributed by atoms with van der Waals surface area (Å²) in [6, 6.07) is 73.0. The maximum atomic E-state index is 4.33. The van der Waals surface area contributed by atoms with Crippen LogP contribution in [0.2, 0.25) is 0 Å². The van der Waals surface area contributed by atoms with Gasteiger partial charge in [-0.2, -0.15) is 0 Å². The Labute approximate surface area is 365 Å². The molecular formula is C60H34S2. The van der Waals surface area contributed by atoms with E-state index in [9.17, 15) is 0 Å². The summed E-state index contributed by atoms with van der Waals surface area (Å²) < 4.78 is 5.26. The first-order chi connectivity index (χ1) is 30.6. The molecule has 0 nitrogen and oxygen atoms in total. The summed E-state index contributed by atoms with van der Waals surface area (Å²) in [5.74, 6) is 0. The van der Waals surface area contributed by atoms with E-state index < -0.39 is 0 Å². The van der Waals surface area contributed by atoms with Crippen LogP contribution in [0.1, 0.15) is 0 Å². The van der Waals surface area contributed by atoms with Crippen LogP contribution in [-0.4, -0.2) is 0 Å². The van der Waals surface area contributed by atoms with Crippen molar-refractivity contribution in [2.45, 2.75) is 0 Å². The Bertz CT molecular complexity index is 4220. The van der Waals surface area contributed by atoms with Gasteiger partial charge in [0.25, 0.3) is 0 Å². The fourth-order valence-electron chi connectivity index (χ4n) is 10.5. The fourth-order valence-corrected chi connectivity index (χ4v) is 12.6. The lowest BCUT2D eigenvalue weighted by molar-refractivity contribution is 1.62. The topological polar surface area (TPSA) is 0 Å². The van der Waals surface area contributed by atoms with E-state index in [-0.39, 0.29) is 0 Å². The summed E-state index contributed by atoms with van der Waals surface area (Å²) in [4.78, 5) is 0. The summed E-state index contributed by atoms with van der Waals surface area (Å²) >= 11 is 3.76. The molecule has 62 heavy (non-hydrogen) atoms. The summed E-state index contributed by atoms with van der Waals surface area (Å²) in [6.45, 7) is 4.33. The van der Waals surface area contributed by atoms with Crippen LogP contribution < -0.4 is 5.22 Å². The average Bonchev–Trinajstić information content (AvgIpc) is 3.88. The third-order valence-corrected chi connectivity index (χ3v) is 15.8. The predicted molar refractivity (Wildman–Crippen MR) is 273 cm³/mol. The molecule has 0 aliphatic carbocycles. The van der Waals surface area contributed by atoms with Gasteiger partial charge in [-0.1, -0.05) is 146 Å². The van der Waals surface area contributed by atoms with Crippen LogP contribution in [0.4, 0.5) is 0 Å². The summed E-state index contributed by atoms with van der Waals surface area (Å²) in [6.07, 6.45) is 0. The van der Waals surface area contributed by atoms with E-state index in [1.54, 1.807) is 0 Å². The Morgan fingerprint density at radius 3 is 1.24 bits per heavy atom. The van der Waals surface area contributed by atoms with Crippen LogP contribution in [0.5, 0.6) is 0 Å². The van der Waals surface area contributed by atoms with Crippen molar-refractivity contribution in [2.75, 3.05) is 0 Å². The molecule has 0 aliphatic rings. The van der Waals surface area contributed by atoms with Gasteiger partial charge in [-0.15, -0.1) is 22.7 Å². The average molecular weight is 819 g/mol. The molecule has 0 saturated heterocycles. The molecule has 0 amide bonds. The minimum Gasteiger partial charge on any atom is -0.135 e. The highest BCUT2D eigenvalue weighted by atomic mass is 32.1. The second-order valence-electron chi connectivity index (χ2n) is 16.9. The van der Waals surface area contributed by atoms with E-state index >= 15 is 0 Å². The maximum Gasteiger partial charge on any atom is 0.0355 e. The largest absolute Gasteiger partial charge is 0.135 e. The lowest BCUT2D eigenvalue weighted by Gasteiger charge is -2.14. The van der Waals surface area contributed by atoms with Crippen molar-refractivity contribution in [3.05, 3.63) is 199 Å². The monoisotopic (exact) mass is 818 g/mol. The minimum absolute atomic E-state index is 1.07. The SMILES string of the molecule is C=c1ccc2c(-c3ccc4sc5ccc(-c6cccc(-c7ccc8sc9ccc(-c%10ccc%11ccc%12cccc%13ccc%10c%11c%12%13)cc9c8c7)c6)cc5c4c3)ccc3cccc1c32. The normalized spacial score (nSPS) is 12.3. The van der Waals surface area contributed by atoms with Gasteiger partial charge in [0, 0.05) is 40.3 Å². The molecule has 0 radical (unpaired) electrons. The zero-order chi connectivity index (χ0) is 40.6. The molecule has 0 aliphatic heterocycles. The molecule has 286 valence electrons. The predicted octanol–water partition coefficient (Wildman–Crippen LogP) is 17.4. The van der Waals surface area contributed by atoms with Crippen LogP contribution >= 0.6 is 22.7 Å². The molecule has 2 heterocycles. The van der Waals surface area contributed by atoms with Crippen molar-refractivity contribution in [2.24, 2.45) is 0 Å². The van der Waals surface area contributed by atoms with Crippen molar-refractivity contribution >= 4 is 123 Å². The number of rotatable bonds is 4. The van der Waals surface area contributed by atoms with Gasteiger partial charge in [0.15, 0.2) is 0 Å². The van der Waals surface area contributed by atoms with Gasteiger partial charge in [-0.25, -0.2) is 0 Å². The zero-order valence-electron chi connectivity index (χ0n) is 33.5. The number of fused-ring (bicyclic) bond motifs is 6. The highest BCUT2D eigenvalue weighted by Crippen LogP contribution is 2.44. The second-order valence-corrected chi connectivity index (χ2v) is 19.1. The number of thiophene rings is 2. The first-order valence-electron chi connectivity index (χ1n) is 21.2. The molecule has 0 spiro atoms. The molecule has 2 aromatic heterocycles. The van der Waals surface area contributed by atoms with Crippen molar-refractivity contribution in [3.8, 4) is 44.5 Å². The van der Waals surface area contributed by atoms with Crippen LogP contribution in [0, 0.1) is 0 Å². The van der Waals surface area contributed by atoms with E-state index in [2.05, 4.69) is 201 Å². The summed E-state index contributed by atoms with van der Waals surface area (Å²) in [5, 5.41) is 19.3. The van der Waals surface area contributed by atoms with Gasteiger partial charge in [-0.05, 0) is 158 Å². The molecule has 0 bridgehead atoms. The van der Waals surface area contributed by atoms with E-state index in [4.69, 9.17) is 0 Å². The molecule has 2 heteroatoms. The Kier molecular flexibility index (Phi) is 7.11. The molecule has 14 aromatic rings. The Balaban J connectivity index is 0.852. The van der Waals surface area contributed by atoms with E-state index in [0.29, 0.717) is 0 Å².